The number of amides is 1. The van der Waals surface area contributed by atoms with Gasteiger partial charge in [0.05, 0.1) is 6.20 Å². The van der Waals surface area contributed by atoms with Gasteiger partial charge in [0.1, 0.15) is 0 Å². The highest BCUT2D eigenvalue weighted by molar-refractivity contribution is 5.78. The molecule has 0 radical (unpaired) electrons. The average molecular weight is 165 g/mol. The Hall–Kier alpha value is -1.31. The minimum Gasteiger partial charge on any atom is -0.396 e. The molecule has 64 valence electrons. The van der Waals surface area contributed by atoms with Crippen molar-refractivity contribution in [2.75, 3.05) is 6.61 Å². The number of nitrogens with zero attached hydrogens (tertiary/aromatic N) is 1. The van der Waals surface area contributed by atoms with Gasteiger partial charge in [-0.3, -0.25) is 9.69 Å². The predicted molar refractivity (Wildman–Crippen MR) is 45.0 cm³/mol. The van der Waals surface area contributed by atoms with E-state index in [4.69, 9.17) is 5.11 Å². The van der Waals surface area contributed by atoms with Crippen LogP contribution in [0.2, 0.25) is 0 Å². The fourth-order valence-corrected chi connectivity index (χ4v) is 0.872. The van der Waals surface area contributed by atoms with Crippen LogP contribution in [0.4, 0.5) is 0 Å². The van der Waals surface area contributed by atoms with E-state index < -0.39 is 0 Å². The molecule has 0 aromatic carbocycles. The number of allylic oxidation sites excluding steroid dienone is 2. The molecule has 0 aromatic rings. The molecule has 1 rings (SSSR count). The third-order valence-electron chi connectivity index (χ3n) is 1.49. The third kappa shape index (κ3) is 2.38. The van der Waals surface area contributed by atoms with Crippen molar-refractivity contribution in [1.29, 1.82) is 0 Å². The second kappa shape index (κ2) is 4.54. The number of rotatable bonds is 3. The van der Waals surface area contributed by atoms with Crippen molar-refractivity contribution in [2.24, 2.45) is 0 Å². The van der Waals surface area contributed by atoms with Gasteiger partial charge >= 0.3 is 0 Å². The van der Waals surface area contributed by atoms with E-state index in [0.29, 0.717) is 12.8 Å². The molecular weight excluding hydrogens is 154 g/mol. The van der Waals surface area contributed by atoms with Gasteiger partial charge in [-0.2, -0.15) is 0 Å². The second-order valence-electron chi connectivity index (χ2n) is 2.43. The molecule has 1 N–H and O–H groups in total. The zero-order valence-electron chi connectivity index (χ0n) is 6.73. The van der Waals surface area contributed by atoms with Crippen molar-refractivity contribution in [3.63, 3.8) is 0 Å². The zero-order valence-corrected chi connectivity index (χ0v) is 6.73. The molecule has 0 saturated carbocycles. The lowest BCUT2D eigenvalue weighted by Crippen LogP contribution is -2.20. The number of hydrogen-bond donors (Lipinski definition) is 1. The van der Waals surface area contributed by atoms with Gasteiger partial charge in [-0.1, -0.05) is 0 Å². The summed E-state index contributed by atoms with van der Waals surface area (Å²) in [6.07, 6.45) is 7.63. The average Bonchev–Trinajstić information content (AvgIpc) is 2.15. The highest BCUT2D eigenvalue weighted by Gasteiger charge is 2.06. The van der Waals surface area contributed by atoms with E-state index in [0.717, 1.165) is 0 Å². The molecule has 0 bridgehead atoms. The van der Waals surface area contributed by atoms with E-state index in [1.807, 2.05) is 0 Å². The fraction of sp³-hybridized carbons (Fsp3) is 0.333. The first kappa shape index (κ1) is 8.78. The molecule has 1 aliphatic rings. The first-order valence-electron chi connectivity index (χ1n) is 3.86. The normalized spacial score (nSPS) is 13.9. The zero-order chi connectivity index (χ0) is 8.81. The largest absolute Gasteiger partial charge is 0.396 e. The van der Waals surface area contributed by atoms with Crippen molar-refractivity contribution in [3.8, 4) is 0 Å². The van der Waals surface area contributed by atoms with Crippen molar-refractivity contribution >= 4 is 5.91 Å². The number of aliphatic hydroxyl groups is 1. The third-order valence-corrected chi connectivity index (χ3v) is 1.49. The summed E-state index contributed by atoms with van der Waals surface area (Å²) in [5.74, 6) is -0.0131. The number of hydrogen-bond acceptors (Lipinski definition) is 2. The molecule has 3 nitrogen and oxygen atoms in total. The van der Waals surface area contributed by atoms with Gasteiger partial charge in [-0.15, -0.1) is 5.73 Å². The van der Waals surface area contributed by atoms with Gasteiger partial charge in [0.2, 0.25) is 5.91 Å². The van der Waals surface area contributed by atoms with Crippen molar-refractivity contribution < 1.29 is 9.90 Å². The quantitative estimate of drug-likeness (QED) is 0.628. The Kier molecular flexibility index (Phi) is 3.33. The summed E-state index contributed by atoms with van der Waals surface area (Å²) in [7, 11) is 0. The monoisotopic (exact) mass is 165 g/mol. The highest BCUT2D eigenvalue weighted by Crippen LogP contribution is 2.01. The van der Waals surface area contributed by atoms with E-state index in [9.17, 15) is 4.79 Å². The lowest BCUT2D eigenvalue weighted by atomic mass is 10.3. The Labute approximate surface area is 71.3 Å². The van der Waals surface area contributed by atoms with E-state index in [2.05, 4.69) is 5.73 Å². The topological polar surface area (TPSA) is 40.5 Å². The van der Waals surface area contributed by atoms with Crippen LogP contribution < -0.4 is 0 Å². The maximum atomic E-state index is 11.2. The van der Waals surface area contributed by atoms with Crippen LogP contribution in [0.5, 0.6) is 0 Å². The SMILES string of the molecule is O=C(CCCO)N1C=C=CC=C1. The number of aliphatic hydroxyl groups excluding tert-OH is 1. The lowest BCUT2D eigenvalue weighted by Gasteiger charge is -2.12. The molecular formula is C9H11NO2. The van der Waals surface area contributed by atoms with Gasteiger partial charge in [0.25, 0.3) is 0 Å². The smallest absolute Gasteiger partial charge is 0.231 e. The maximum absolute atomic E-state index is 11.2. The summed E-state index contributed by atoms with van der Waals surface area (Å²) in [6.45, 7) is 0.0584. The summed E-state index contributed by atoms with van der Waals surface area (Å²) in [6, 6.07) is 0. The molecule has 0 spiro atoms. The highest BCUT2D eigenvalue weighted by atomic mass is 16.3. The Morgan fingerprint density at radius 3 is 3.00 bits per heavy atom. The van der Waals surface area contributed by atoms with E-state index in [-0.39, 0.29) is 12.5 Å². The van der Waals surface area contributed by atoms with Crippen LogP contribution in [0.3, 0.4) is 0 Å². The molecule has 12 heavy (non-hydrogen) atoms. The molecule has 0 aromatic heterocycles. The van der Waals surface area contributed by atoms with Crippen LogP contribution in [0, 0.1) is 0 Å². The van der Waals surface area contributed by atoms with Crippen LogP contribution in [0.15, 0.2) is 30.3 Å². The fourth-order valence-electron chi connectivity index (χ4n) is 0.872. The first-order valence-corrected chi connectivity index (χ1v) is 3.86. The van der Waals surface area contributed by atoms with Crippen molar-refractivity contribution in [2.45, 2.75) is 12.8 Å². The van der Waals surface area contributed by atoms with Crippen LogP contribution in [-0.4, -0.2) is 22.5 Å². The van der Waals surface area contributed by atoms with Gasteiger partial charge in [0.15, 0.2) is 0 Å². The van der Waals surface area contributed by atoms with E-state index >= 15 is 0 Å². The number of carbonyl (C=O) groups is 1. The summed E-state index contributed by atoms with van der Waals surface area (Å²) in [4.78, 5) is 12.7. The standard InChI is InChI=1S/C9H11NO2/c11-8-4-5-9(12)10-6-2-1-3-7-10/h1-2,6-7,11H,4-5,8H2. The minimum atomic E-state index is -0.0131. The van der Waals surface area contributed by atoms with Gasteiger partial charge in [-0.05, 0) is 18.6 Å². The van der Waals surface area contributed by atoms with Crippen molar-refractivity contribution in [3.05, 3.63) is 30.3 Å². The van der Waals surface area contributed by atoms with E-state index in [1.54, 1.807) is 24.6 Å². The summed E-state index contributed by atoms with van der Waals surface area (Å²) in [5, 5.41) is 8.49. The molecule has 1 amide bonds. The molecule has 0 aliphatic carbocycles. The summed E-state index contributed by atoms with van der Waals surface area (Å²) >= 11 is 0. The van der Waals surface area contributed by atoms with Gasteiger partial charge in [0, 0.05) is 19.2 Å². The van der Waals surface area contributed by atoms with Crippen LogP contribution in [-0.2, 0) is 4.79 Å². The maximum Gasteiger partial charge on any atom is 0.231 e. The molecule has 0 unspecified atom stereocenters. The van der Waals surface area contributed by atoms with Crippen molar-refractivity contribution in [1.82, 2.24) is 4.90 Å². The first-order chi connectivity index (χ1) is 5.84. The predicted octanol–water partition coefficient (Wildman–Crippen LogP) is 0.784. The molecule has 3 heteroatoms. The number of carbonyl (C=O) groups excluding carboxylic acids is 1. The van der Waals surface area contributed by atoms with E-state index in [1.165, 1.54) is 4.90 Å². The molecule has 0 atom stereocenters. The summed E-state index contributed by atoms with van der Waals surface area (Å²) in [5.41, 5.74) is 2.80. The molecule has 0 fully saturated rings. The Balaban J connectivity index is 2.43. The summed E-state index contributed by atoms with van der Waals surface area (Å²) < 4.78 is 0. The Morgan fingerprint density at radius 1 is 1.58 bits per heavy atom. The second-order valence-corrected chi connectivity index (χ2v) is 2.43. The van der Waals surface area contributed by atoms with Crippen LogP contribution in [0.25, 0.3) is 0 Å². The van der Waals surface area contributed by atoms with Crippen LogP contribution >= 0.6 is 0 Å². The van der Waals surface area contributed by atoms with Crippen LogP contribution in [0.1, 0.15) is 12.8 Å². The van der Waals surface area contributed by atoms with Gasteiger partial charge < -0.3 is 5.11 Å². The molecule has 1 heterocycles. The molecule has 0 saturated heterocycles. The Bertz CT molecular complexity index is 249. The van der Waals surface area contributed by atoms with Gasteiger partial charge in [-0.25, -0.2) is 0 Å². The lowest BCUT2D eigenvalue weighted by molar-refractivity contribution is -0.126. The molecule has 1 aliphatic heterocycles. The minimum absolute atomic E-state index is 0.0131. The Morgan fingerprint density at radius 2 is 2.42 bits per heavy atom.